The van der Waals surface area contributed by atoms with E-state index in [0.29, 0.717) is 23.9 Å². The van der Waals surface area contributed by atoms with Crippen molar-refractivity contribution < 1.29 is 13.2 Å². The molecule has 0 spiro atoms. The van der Waals surface area contributed by atoms with Crippen molar-refractivity contribution in [1.82, 2.24) is 10.6 Å². The summed E-state index contributed by atoms with van der Waals surface area (Å²) in [5.41, 5.74) is 1.02. The van der Waals surface area contributed by atoms with E-state index in [9.17, 15) is 8.42 Å². The molecule has 0 amide bonds. The number of hydrogen-bond donors (Lipinski definition) is 2. The molecule has 1 rings (SSSR count). The van der Waals surface area contributed by atoms with E-state index < -0.39 is 9.84 Å². The van der Waals surface area contributed by atoms with Gasteiger partial charge in [0.2, 0.25) is 0 Å². The molecule has 24 heavy (non-hydrogen) atoms. The molecule has 0 saturated carbocycles. The van der Waals surface area contributed by atoms with Crippen molar-refractivity contribution in [3.63, 3.8) is 0 Å². The molecule has 1 aromatic carbocycles. The summed E-state index contributed by atoms with van der Waals surface area (Å²) in [5.74, 6) is 1.52. The van der Waals surface area contributed by atoms with Gasteiger partial charge in [-0.1, -0.05) is 17.7 Å². The Morgan fingerprint density at radius 3 is 2.67 bits per heavy atom. The first kappa shape index (κ1) is 20.6. The van der Waals surface area contributed by atoms with Crippen LogP contribution in [0.1, 0.15) is 18.9 Å². The van der Waals surface area contributed by atoms with E-state index in [1.54, 1.807) is 20.2 Å². The van der Waals surface area contributed by atoms with Crippen LogP contribution in [0.5, 0.6) is 5.75 Å². The van der Waals surface area contributed by atoms with Crippen LogP contribution in [0.25, 0.3) is 0 Å². The van der Waals surface area contributed by atoms with Gasteiger partial charge in [-0.15, -0.1) is 0 Å². The highest BCUT2D eigenvalue weighted by atomic mass is 35.5. The standard InChI is InChI=1S/C16H26ClN3O3S/c1-12(8-10-24(4,21)22)20-16(18-2)19-9-7-13-5-6-14(23-3)11-15(13)17/h5-6,11-12H,7-10H2,1-4H3,(H2,18,19,20). The number of rotatable bonds is 8. The maximum absolute atomic E-state index is 11.2. The van der Waals surface area contributed by atoms with Crippen LogP contribution in [0, 0.1) is 0 Å². The maximum Gasteiger partial charge on any atom is 0.191 e. The van der Waals surface area contributed by atoms with E-state index in [1.165, 1.54) is 6.26 Å². The average Bonchev–Trinajstić information content (AvgIpc) is 2.52. The SMILES string of the molecule is CN=C(NCCc1ccc(OC)cc1Cl)NC(C)CCS(C)(=O)=O. The zero-order valence-electron chi connectivity index (χ0n) is 14.6. The van der Waals surface area contributed by atoms with Crippen molar-refractivity contribution in [3.05, 3.63) is 28.8 Å². The van der Waals surface area contributed by atoms with Crippen LogP contribution in [-0.2, 0) is 16.3 Å². The molecule has 8 heteroatoms. The van der Waals surface area contributed by atoms with Crippen molar-refractivity contribution in [2.45, 2.75) is 25.8 Å². The fourth-order valence-corrected chi connectivity index (χ4v) is 3.11. The molecule has 0 bridgehead atoms. The number of benzene rings is 1. The van der Waals surface area contributed by atoms with E-state index in [1.807, 2.05) is 19.1 Å². The van der Waals surface area contributed by atoms with E-state index in [4.69, 9.17) is 16.3 Å². The predicted octanol–water partition coefficient (Wildman–Crippen LogP) is 1.88. The topological polar surface area (TPSA) is 79.8 Å². The van der Waals surface area contributed by atoms with E-state index in [0.717, 1.165) is 17.7 Å². The number of sulfone groups is 1. The molecule has 1 atom stereocenters. The second-order valence-corrected chi connectivity index (χ2v) is 8.34. The van der Waals surface area contributed by atoms with Gasteiger partial charge in [0.25, 0.3) is 0 Å². The van der Waals surface area contributed by atoms with Gasteiger partial charge in [0.1, 0.15) is 15.6 Å². The molecule has 0 radical (unpaired) electrons. The largest absolute Gasteiger partial charge is 0.497 e. The number of aliphatic imine (C=N–C) groups is 1. The van der Waals surface area contributed by atoms with Gasteiger partial charge in [-0.3, -0.25) is 4.99 Å². The number of halogens is 1. The van der Waals surface area contributed by atoms with Crippen molar-refractivity contribution >= 4 is 27.4 Å². The second-order valence-electron chi connectivity index (χ2n) is 5.67. The van der Waals surface area contributed by atoms with Crippen LogP contribution in [0.3, 0.4) is 0 Å². The first-order valence-electron chi connectivity index (χ1n) is 7.72. The molecule has 0 aliphatic rings. The molecule has 136 valence electrons. The lowest BCUT2D eigenvalue weighted by molar-refractivity contribution is 0.414. The number of guanidine groups is 1. The van der Waals surface area contributed by atoms with Crippen molar-refractivity contribution in [2.75, 3.05) is 32.7 Å². The Hall–Kier alpha value is -1.47. The first-order valence-corrected chi connectivity index (χ1v) is 10.2. The lowest BCUT2D eigenvalue weighted by Crippen LogP contribution is -2.43. The van der Waals surface area contributed by atoms with Crippen molar-refractivity contribution in [3.8, 4) is 5.75 Å². The minimum Gasteiger partial charge on any atom is -0.497 e. The molecule has 0 aliphatic carbocycles. The summed E-state index contributed by atoms with van der Waals surface area (Å²) in [6.45, 7) is 2.59. The molecule has 0 saturated heterocycles. The summed E-state index contributed by atoms with van der Waals surface area (Å²) in [4.78, 5) is 4.15. The number of nitrogens with zero attached hydrogens (tertiary/aromatic N) is 1. The minimum atomic E-state index is -2.95. The Morgan fingerprint density at radius 2 is 2.12 bits per heavy atom. The van der Waals surface area contributed by atoms with Crippen LogP contribution in [0.15, 0.2) is 23.2 Å². The van der Waals surface area contributed by atoms with E-state index >= 15 is 0 Å². The number of methoxy groups -OCH3 is 1. The second kappa shape index (κ2) is 9.74. The van der Waals surface area contributed by atoms with Crippen LogP contribution in [0.2, 0.25) is 5.02 Å². The summed E-state index contributed by atoms with van der Waals surface area (Å²) in [6, 6.07) is 5.61. The summed E-state index contributed by atoms with van der Waals surface area (Å²) in [6.07, 6.45) is 2.51. The lowest BCUT2D eigenvalue weighted by atomic mass is 10.1. The zero-order chi connectivity index (χ0) is 18.2. The fraction of sp³-hybridized carbons (Fsp3) is 0.562. The van der Waals surface area contributed by atoms with Gasteiger partial charge in [0.05, 0.1) is 12.9 Å². The third kappa shape index (κ3) is 7.88. The molecule has 1 aromatic rings. The minimum absolute atomic E-state index is 0.00972. The molecule has 6 nitrogen and oxygen atoms in total. The van der Waals surface area contributed by atoms with E-state index in [-0.39, 0.29) is 11.8 Å². The fourth-order valence-electron chi connectivity index (χ4n) is 2.06. The number of hydrogen-bond acceptors (Lipinski definition) is 4. The summed E-state index contributed by atoms with van der Waals surface area (Å²) in [5, 5.41) is 7.05. The summed E-state index contributed by atoms with van der Waals surface area (Å²) >= 11 is 6.22. The Labute approximate surface area is 149 Å². The molecule has 0 aliphatic heterocycles. The number of nitrogens with one attached hydrogen (secondary N) is 2. The monoisotopic (exact) mass is 375 g/mol. The lowest BCUT2D eigenvalue weighted by Gasteiger charge is -2.17. The van der Waals surface area contributed by atoms with Gasteiger partial charge < -0.3 is 15.4 Å². The highest BCUT2D eigenvalue weighted by molar-refractivity contribution is 7.90. The molecule has 0 fully saturated rings. The van der Waals surface area contributed by atoms with Crippen LogP contribution < -0.4 is 15.4 Å². The van der Waals surface area contributed by atoms with Gasteiger partial charge in [-0.25, -0.2) is 8.42 Å². The molecule has 0 aromatic heterocycles. The van der Waals surface area contributed by atoms with Gasteiger partial charge in [-0.2, -0.15) is 0 Å². The Balaban J connectivity index is 2.44. The first-order chi connectivity index (χ1) is 11.2. The zero-order valence-corrected chi connectivity index (χ0v) is 16.2. The Morgan fingerprint density at radius 1 is 1.42 bits per heavy atom. The highest BCUT2D eigenvalue weighted by Crippen LogP contribution is 2.22. The summed E-state index contributed by atoms with van der Waals surface area (Å²) < 4.78 is 27.5. The number of ether oxygens (including phenoxy) is 1. The van der Waals surface area contributed by atoms with Crippen molar-refractivity contribution in [1.29, 1.82) is 0 Å². The van der Waals surface area contributed by atoms with E-state index in [2.05, 4.69) is 15.6 Å². The maximum atomic E-state index is 11.2. The van der Waals surface area contributed by atoms with Gasteiger partial charge >= 0.3 is 0 Å². The molecule has 0 heterocycles. The Kier molecular flexibility index (Phi) is 8.35. The van der Waals surface area contributed by atoms with Crippen LogP contribution in [-0.4, -0.2) is 53.1 Å². The molecular weight excluding hydrogens is 350 g/mol. The van der Waals surface area contributed by atoms with Gasteiger partial charge in [0.15, 0.2) is 5.96 Å². The van der Waals surface area contributed by atoms with Crippen LogP contribution in [0.4, 0.5) is 0 Å². The highest BCUT2D eigenvalue weighted by Gasteiger charge is 2.09. The quantitative estimate of drug-likeness (QED) is 0.535. The van der Waals surface area contributed by atoms with Gasteiger partial charge in [0, 0.05) is 30.9 Å². The smallest absolute Gasteiger partial charge is 0.191 e. The van der Waals surface area contributed by atoms with Crippen LogP contribution >= 0.6 is 11.6 Å². The van der Waals surface area contributed by atoms with Crippen molar-refractivity contribution in [2.24, 2.45) is 4.99 Å². The molecular formula is C16H26ClN3O3S. The molecule has 2 N–H and O–H groups in total. The predicted molar refractivity (Wildman–Crippen MR) is 100.0 cm³/mol. The molecule has 1 unspecified atom stereocenters. The normalized spacial score (nSPS) is 13.5. The average molecular weight is 376 g/mol. The summed E-state index contributed by atoms with van der Waals surface area (Å²) in [7, 11) is 0.334. The Bertz CT molecular complexity index is 663. The third-order valence-corrected chi connectivity index (χ3v) is 4.80. The van der Waals surface area contributed by atoms with Gasteiger partial charge in [-0.05, 0) is 37.5 Å². The third-order valence-electron chi connectivity index (χ3n) is 3.48.